The van der Waals surface area contributed by atoms with E-state index in [1.165, 1.54) is 16.2 Å². The van der Waals surface area contributed by atoms with Gasteiger partial charge in [-0.25, -0.2) is 4.98 Å². The minimum Gasteiger partial charge on any atom is -0.497 e. The number of non-ortho nitro benzene ring substituents is 2. The summed E-state index contributed by atoms with van der Waals surface area (Å²) in [5.41, 5.74) is -0.524. The van der Waals surface area contributed by atoms with Gasteiger partial charge in [0.2, 0.25) is 0 Å². The van der Waals surface area contributed by atoms with Gasteiger partial charge in [0.25, 0.3) is 17.3 Å². The molecule has 3 rings (SSSR count). The Morgan fingerprint density at radius 1 is 1.03 bits per heavy atom. The Kier molecular flexibility index (Phi) is 7.51. The van der Waals surface area contributed by atoms with Crippen LogP contribution in [0, 0.1) is 20.2 Å². The van der Waals surface area contributed by atoms with Crippen LogP contribution in [-0.4, -0.2) is 58.9 Å². The zero-order chi connectivity index (χ0) is 24.1. The average Bonchev–Trinajstić information content (AvgIpc) is 3.23. The number of aromatic nitrogens is 1. The number of benzene rings is 2. The molecule has 1 amide bonds. The lowest BCUT2D eigenvalue weighted by Crippen LogP contribution is -2.38. The lowest BCUT2D eigenvalue weighted by molar-refractivity contribution is -0.394. The first-order valence-electron chi connectivity index (χ1n) is 10.2. The summed E-state index contributed by atoms with van der Waals surface area (Å²) in [5, 5.41) is 23.0. The maximum absolute atomic E-state index is 13.5. The minimum atomic E-state index is -0.756. The van der Waals surface area contributed by atoms with E-state index in [0.717, 1.165) is 36.0 Å². The third-order valence-electron chi connectivity index (χ3n) is 5.17. The molecule has 0 saturated carbocycles. The highest BCUT2D eigenvalue weighted by molar-refractivity contribution is 7.22. The number of nitro benzene ring substituents is 2. The molecule has 0 aliphatic carbocycles. The molecule has 0 aliphatic heterocycles. The van der Waals surface area contributed by atoms with Crippen molar-refractivity contribution in [2.75, 3.05) is 38.2 Å². The van der Waals surface area contributed by atoms with Crippen molar-refractivity contribution in [2.45, 2.75) is 13.8 Å². The van der Waals surface area contributed by atoms with Gasteiger partial charge in [0.15, 0.2) is 5.13 Å². The summed E-state index contributed by atoms with van der Waals surface area (Å²) in [5.74, 6) is 0.0491. The summed E-state index contributed by atoms with van der Waals surface area (Å²) in [6.45, 7) is 6.35. The van der Waals surface area contributed by atoms with Crippen LogP contribution in [0.25, 0.3) is 10.2 Å². The second kappa shape index (κ2) is 10.3. The van der Waals surface area contributed by atoms with Gasteiger partial charge in [-0.3, -0.25) is 29.9 Å². The Morgan fingerprint density at radius 3 is 2.21 bits per heavy atom. The summed E-state index contributed by atoms with van der Waals surface area (Å²) in [6, 6.07) is 8.28. The molecule has 0 N–H and O–H groups in total. The normalized spacial score (nSPS) is 11.0. The van der Waals surface area contributed by atoms with E-state index in [4.69, 9.17) is 4.74 Å². The van der Waals surface area contributed by atoms with Crippen LogP contribution >= 0.6 is 11.3 Å². The maximum Gasteiger partial charge on any atom is 0.277 e. The molecule has 11 nitrogen and oxygen atoms in total. The first-order chi connectivity index (χ1) is 15.8. The van der Waals surface area contributed by atoms with E-state index in [1.807, 2.05) is 19.9 Å². The lowest BCUT2D eigenvalue weighted by atomic mass is 10.1. The molecule has 0 unspecified atom stereocenters. The molecule has 0 fully saturated rings. The molecule has 33 heavy (non-hydrogen) atoms. The zero-order valence-electron chi connectivity index (χ0n) is 18.4. The number of thiazole rings is 1. The molecule has 2 aromatic carbocycles. The molecular formula is C21H23N5O6S. The summed E-state index contributed by atoms with van der Waals surface area (Å²) in [4.78, 5) is 42.7. The molecule has 0 aliphatic rings. The first-order valence-corrected chi connectivity index (χ1v) is 11.0. The number of hydrogen-bond acceptors (Lipinski definition) is 9. The van der Waals surface area contributed by atoms with Crippen molar-refractivity contribution in [3.8, 4) is 5.75 Å². The summed E-state index contributed by atoms with van der Waals surface area (Å²) >= 11 is 1.27. The predicted molar refractivity (Wildman–Crippen MR) is 125 cm³/mol. The van der Waals surface area contributed by atoms with Crippen LogP contribution in [0.4, 0.5) is 16.5 Å². The van der Waals surface area contributed by atoms with Crippen molar-refractivity contribution >= 4 is 44.0 Å². The van der Waals surface area contributed by atoms with Crippen LogP contribution in [0.2, 0.25) is 0 Å². The molecule has 1 aromatic heterocycles. The number of ether oxygens (including phenoxy) is 1. The number of nitrogens with zero attached hydrogens (tertiary/aromatic N) is 5. The Labute approximate surface area is 193 Å². The number of nitro groups is 2. The number of carbonyl (C=O) groups is 1. The Morgan fingerprint density at radius 2 is 1.67 bits per heavy atom. The monoisotopic (exact) mass is 473 g/mol. The number of rotatable bonds is 10. The molecular weight excluding hydrogens is 450 g/mol. The first kappa shape index (κ1) is 24.0. The van der Waals surface area contributed by atoms with Crippen LogP contribution in [0.15, 0.2) is 36.4 Å². The summed E-state index contributed by atoms with van der Waals surface area (Å²) in [6.07, 6.45) is 0. The number of fused-ring (bicyclic) bond motifs is 1. The predicted octanol–water partition coefficient (Wildman–Crippen LogP) is 4.11. The Hall–Kier alpha value is -3.64. The fourth-order valence-corrected chi connectivity index (χ4v) is 4.30. The van der Waals surface area contributed by atoms with Crippen molar-refractivity contribution in [1.82, 2.24) is 9.88 Å². The molecule has 12 heteroatoms. The van der Waals surface area contributed by atoms with Crippen LogP contribution < -0.4 is 9.64 Å². The SMILES string of the molecule is CCN(CC)CCN(C(=O)c1cc([N+](=O)[O-])cc([N+](=O)[O-])c1)c1nc2ccc(OC)cc2s1. The van der Waals surface area contributed by atoms with Crippen molar-refractivity contribution < 1.29 is 19.4 Å². The van der Waals surface area contributed by atoms with Gasteiger partial charge in [0, 0.05) is 25.2 Å². The van der Waals surface area contributed by atoms with E-state index in [1.54, 1.807) is 19.2 Å². The van der Waals surface area contributed by atoms with Gasteiger partial charge in [-0.05, 0) is 31.3 Å². The Bertz CT molecular complexity index is 1160. The van der Waals surface area contributed by atoms with E-state index in [-0.39, 0.29) is 12.1 Å². The number of hydrogen-bond donors (Lipinski definition) is 0. The van der Waals surface area contributed by atoms with Gasteiger partial charge in [0.05, 0.1) is 38.8 Å². The number of likely N-dealkylation sites (N-methyl/N-ethyl adjacent to an activating group) is 1. The number of anilines is 1. The fourth-order valence-electron chi connectivity index (χ4n) is 3.29. The number of methoxy groups -OCH3 is 1. The highest BCUT2D eigenvalue weighted by Crippen LogP contribution is 2.33. The molecule has 0 bridgehead atoms. The van der Waals surface area contributed by atoms with Crippen molar-refractivity contribution in [1.29, 1.82) is 0 Å². The largest absolute Gasteiger partial charge is 0.497 e. The molecule has 174 valence electrons. The van der Waals surface area contributed by atoms with E-state index in [2.05, 4.69) is 9.88 Å². The van der Waals surface area contributed by atoms with Crippen molar-refractivity contribution in [3.05, 3.63) is 62.2 Å². The smallest absolute Gasteiger partial charge is 0.277 e. The van der Waals surface area contributed by atoms with Crippen molar-refractivity contribution in [3.63, 3.8) is 0 Å². The quantitative estimate of drug-likeness (QED) is 0.317. The van der Waals surface area contributed by atoms with Gasteiger partial charge >= 0.3 is 0 Å². The van der Waals surface area contributed by atoms with E-state index in [0.29, 0.717) is 22.9 Å². The van der Waals surface area contributed by atoms with Crippen molar-refractivity contribution in [2.24, 2.45) is 0 Å². The topological polar surface area (TPSA) is 132 Å². The third kappa shape index (κ3) is 5.41. The molecule has 0 spiro atoms. The summed E-state index contributed by atoms with van der Waals surface area (Å²) in [7, 11) is 1.55. The highest BCUT2D eigenvalue weighted by atomic mass is 32.1. The van der Waals surface area contributed by atoms with Crippen LogP contribution in [0.5, 0.6) is 5.75 Å². The van der Waals surface area contributed by atoms with Crippen LogP contribution in [0.3, 0.4) is 0 Å². The number of carbonyl (C=O) groups excluding carboxylic acids is 1. The zero-order valence-corrected chi connectivity index (χ0v) is 19.2. The fraction of sp³-hybridized carbons (Fsp3) is 0.333. The maximum atomic E-state index is 13.5. The Balaban J connectivity index is 2.06. The van der Waals surface area contributed by atoms with Crippen LogP contribution in [-0.2, 0) is 0 Å². The van der Waals surface area contributed by atoms with Gasteiger partial charge in [-0.15, -0.1) is 0 Å². The third-order valence-corrected chi connectivity index (χ3v) is 6.21. The number of amides is 1. The van der Waals surface area contributed by atoms with Gasteiger partial charge in [0.1, 0.15) is 5.75 Å². The van der Waals surface area contributed by atoms with E-state index in [9.17, 15) is 25.0 Å². The van der Waals surface area contributed by atoms with E-state index >= 15 is 0 Å². The lowest BCUT2D eigenvalue weighted by Gasteiger charge is -2.24. The van der Waals surface area contributed by atoms with Gasteiger partial charge in [-0.2, -0.15) is 0 Å². The standard InChI is InChI=1S/C21H23N5O6S/c1-4-23(5-2)8-9-24(21-22-18-7-6-17(32-3)13-19(18)33-21)20(27)14-10-15(25(28)29)12-16(11-14)26(30)31/h6-7,10-13H,4-5,8-9H2,1-3H3. The average molecular weight is 474 g/mol. The van der Waals surface area contributed by atoms with Gasteiger partial charge in [-0.1, -0.05) is 25.2 Å². The molecule has 0 atom stereocenters. The molecule has 0 radical (unpaired) electrons. The second-order valence-electron chi connectivity index (χ2n) is 7.07. The molecule has 1 heterocycles. The second-order valence-corrected chi connectivity index (χ2v) is 8.08. The van der Waals surface area contributed by atoms with Crippen LogP contribution in [0.1, 0.15) is 24.2 Å². The molecule has 3 aromatic rings. The molecule has 0 saturated heterocycles. The van der Waals surface area contributed by atoms with Gasteiger partial charge < -0.3 is 9.64 Å². The van der Waals surface area contributed by atoms with E-state index < -0.39 is 27.1 Å². The highest BCUT2D eigenvalue weighted by Gasteiger charge is 2.26. The summed E-state index contributed by atoms with van der Waals surface area (Å²) < 4.78 is 6.05. The minimum absolute atomic E-state index is 0.146.